The van der Waals surface area contributed by atoms with E-state index in [2.05, 4.69) is 25.8 Å². The van der Waals surface area contributed by atoms with Gasteiger partial charge in [0, 0.05) is 30.5 Å². The maximum Gasteiger partial charge on any atom is 0.416 e. The van der Waals surface area contributed by atoms with Crippen molar-refractivity contribution in [3.05, 3.63) is 60.4 Å². The Labute approximate surface area is 165 Å². The lowest BCUT2D eigenvalue weighted by atomic mass is 10.1. The molecule has 1 unspecified atom stereocenters. The van der Waals surface area contributed by atoms with E-state index < -0.39 is 11.7 Å². The van der Waals surface area contributed by atoms with Gasteiger partial charge in [0.15, 0.2) is 0 Å². The third-order valence-electron chi connectivity index (χ3n) is 4.38. The Morgan fingerprint density at radius 3 is 2.38 bits per heavy atom. The molecule has 1 atom stereocenters. The number of hydrogen-bond donors (Lipinski definition) is 3. The first kappa shape index (κ1) is 20.4. The molecule has 1 amide bonds. The van der Waals surface area contributed by atoms with E-state index in [1.165, 1.54) is 12.1 Å². The highest BCUT2D eigenvalue weighted by Crippen LogP contribution is 2.31. The maximum atomic E-state index is 12.6. The molecule has 0 radical (unpaired) electrons. The summed E-state index contributed by atoms with van der Waals surface area (Å²) >= 11 is 0. The molecule has 152 valence electrons. The molecule has 0 saturated carbocycles. The van der Waals surface area contributed by atoms with Gasteiger partial charge >= 0.3 is 6.18 Å². The predicted molar refractivity (Wildman–Crippen MR) is 103 cm³/mol. The Balaban J connectivity index is 0.000000290. The maximum absolute atomic E-state index is 12.6. The summed E-state index contributed by atoms with van der Waals surface area (Å²) in [6.07, 6.45) is -0.0905. The summed E-state index contributed by atoms with van der Waals surface area (Å²) in [6.45, 7) is 2.82. The summed E-state index contributed by atoms with van der Waals surface area (Å²) in [5, 5.41) is 12.5. The zero-order chi connectivity index (χ0) is 20.9. The van der Waals surface area contributed by atoms with Crippen molar-refractivity contribution < 1.29 is 18.0 Å². The van der Waals surface area contributed by atoms with Crippen molar-refractivity contribution in [1.82, 2.24) is 20.5 Å². The second-order valence-corrected chi connectivity index (χ2v) is 6.55. The monoisotopic (exact) mass is 403 g/mol. The molecule has 3 N–H and O–H groups in total. The first-order valence-electron chi connectivity index (χ1n) is 9.01. The average molecular weight is 403 g/mol. The normalized spacial score (nSPS) is 16.0. The first-order chi connectivity index (χ1) is 13.8. The number of rotatable bonds is 3. The number of halogens is 3. The van der Waals surface area contributed by atoms with Gasteiger partial charge < -0.3 is 10.6 Å². The van der Waals surface area contributed by atoms with Crippen LogP contribution in [0.5, 0.6) is 0 Å². The molecule has 3 heterocycles. The Morgan fingerprint density at radius 1 is 1.10 bits per heavy atom. The van der Waals surface area contributed by atoms with Crippen LogP contribution in [-0.4, -0.2) is 27.6 Å². The minimum absolute atomic E-state index is 0.208. The Kier molecular flexibility index (Phi) is 6.16. The van der Waals surface area contributed by atoms with Crippen molar-refractivity contribution in [1.29, 1.82) is 0 Å². The smallest absolute Gasteiger partial charge is 0.356 e. The van der Waals surface area contributed by atoms with Crippen LogP contribution in [0, 0.1) is 5.92 Å². The molecule has 1 fully saturated rings. The fraction of sp³-hybridized carbons (Fsp3) is 0.250. The minimum atomic E-state index is -4.34. The number of anilines is 2. The van der Waals surface area contributed by atoms with Crippen molar-refractivity contribution in [2.45, 2.75) is 19.5 Å². The molecule has 29 heavy (non-hydrogen) atoms. The SMILES string of the molecule is CC1CCNC1=O.FC(F)(F)c1ccc(Nc2cccnc2-c2ccn[nH]2)cc1. The largest absolute Gasteiger partial charge is 0.416 e. The number of carbonyl (C=O) groups excluding carboxylic acids is 1. The van der Waals surface area contributed by atoms with Gasteiger partial charge in [-0.05, 0) is 48.9 Å². The van der Waals surface area contributed by atoms with E-state index in [-0.39, 0.29) is 11.8 Å². The van der Waals surface area contributed by atoms with Crippen LogP contribution in [0.4, 0.5) is 24.5 Å². The van der Waals surface area contributed by atoms with Crippen LogP contribution in [0.25, 0.3) is 11.4 Å². The molecular weight excluding hydrogens is 383 g/mol. The number of aromatic amines is 1. The van der Waals surface area contributed by atoms with Crippen LogP contribution in [-0.2, 0) is 11.0 Å². The quantitative estimate of drug-likeness (QED) is 0.606. The van der Waals surface area contributed by atoms with Crippen LogP contribution < -0.4 is 10.6 Å². The van der Waals surface area contributed by atoms with Crippen LogP contribution in [0.3, 0.4) is 0 Å². The molecule has 9 heteroatoms. The molecule has 0 bridgehead atoms. The fourth-order valence-electron chi connectivity index (χ4n) is 2.72. The van der Waals surface area contributed by atoms with Crippen molar-refractivity contribution in [2.75, 3.05) is 11.9 Å². The Morgan fingerprint density at radius 2 is 1.86 bits per heavy atom. The second-order valence-electron chi connectivity index (χ2n) is 6.55. The molecule has 1 aromatic carbocycles. The highest BCUT2D eigenvalue weighted by molar-refractivity contribution is 5.80. The van der Waals surface area contributed by atoms with E-state index in [4.69, 9.17) is 0 Å². The van der Waals surface area contributed by atoms with Gasteiger partial charge in [-0.1, -0.05) is 6.92 Å². The van der Waals surface area contributed by atoms with Gasteiger partial charge in [-0.2, -0.15) is 18.3 Å². The van der Waals surface area contributed by atoms with Gasteiger partial charge in [0.1, 0.15) is 5.69 Å². The summed E-state index contributed by atoms with van der Waals surface area (Å²) in [7, 11) is 0. The van der Waals surface area contributed by atoms with Crippen molar-refractivity contribution >= 4 is 17.3 Å². The predicted octanol–water partition coefficient (Wildman–Crippen LogP) is 4.38. The highest BCUT2D eigenvalue weighted by Gasteiger charge is 2.29. The molecule has 0 spiro atoms. The Bertz CT molecular complexity index is 940. The lowest BCUT2D eigenvalue weighted by molar-refractivity contribution is -0.137. The molecule has 1 saturated heterocycles. The zero-order valence-electron chi connectivity index (χ0n) is 15.6. The molecule has 1 aliphatic heterocycles. The van der Waals surface area contributed by atoms with Gasteiger partial charge in [0.2, 0.25) is 5.91 Å². The van der Waals surface area contributed by atoms with E-state index in [9.17, 15) is 18.0 Å². The second kappa shape index (κ2) is 8.76. The number of nitrogens with zero attached hydrogens (tertiary/aromatic N) is 2. The number of nitrogens with one attached hydrogen (secondary N) is 3. The Hall–Kier alpha value is -3.36. The van der Waals surface area contributed by atoms with Crippen molar-refractivity contribution in [3.8, 4) is 11.4 Å². The molecule has 0 aliphatic carbocycles. The topological polar surface area (TPSA) is 82.7 Å². The summed E-state index contributed by atoms with van der Waals surface area (Å²) in [5.41, 5.74) is 1.89. The third-order valence-corrected chi connectivity index (χ3v) is 4.38. The number of hydrogen-bond acceptors (Lipinski definition) is 4. The van der Waals surface area contributed by atoms with E-state index in [1.54, 1.807) is 30.6 Å². The molecule has 1 aliphatic rings. The van der Waals surface area contributed by atoms with Gasteiger partial charge in [-0.25, -0.2) is 0 Å². The molecule has 4 rings (SSSR count). The van der Waals surface area contributed by atoms with Gasteiger partial charge in [-0.3, -0.25) is 14.9 Å². The van der Waals surface area contributed by atoms with Crippen LogP contribution in [0.1, 0.15) is 18.9 Å². The van der Waals surface area contributed by atoms with Crippen molar-refractivity contribution in [3.63, 3.8) is 0 Å². The molecule has 3 aromatic rings. The van der Waals surface area contributed by atoms with Crippen LogP contribution >= 0.6 is 0 Å². The molecule has 6 nitrogen and oxygen atoms in total. The summed E-state index contributed by atoms with van der Waals surface area (Å²) < 4.78 is 37.7. The number of benzene rings is 1. The third kappa shape index (κ3) is 5.34. The highest BCUT2D eigenvalue weighted by atomic mass is 19.4. The van der Waals surface area contributed by atoms with Crippen molar-refractivity contribution in [2.24, 2.45) is 5.92 Å². The van der Waals surface area contributed by atoms with E-state index in [1.807, 2.05) is 6.92 Å². The lowest BCUT2D eigenvalue weighted by Crippen LogP contribution is -2.16. The molecular formula is C20H20F3N5O. The van der Waals surface area contributed by atoms with E-state index in [0.29, 0.717) is 17.1 Å². The average Bonchev–Trinajstić information content (AvgIpc) is 3.35. The number of aromatic nitrogens is 3. The fourth-order valence-corrected chi connectivity index (χ4v) is 2.72. The van der Waals surface area contributed by atoms with Gasteiger partial charge in [0.25, 0.3) is 0 Å². The van der Waals surface area contributed by atoms with E-state index >= 15 is 0 Å². The number of amides is 1. The number of H-pyrrole nitrogens is 1. The van der Waals surface area contributed by atoms with Gasteiger partial charge in [0.05, 0.1) is 16.9 Å². The minimum Gasteiger partial charge on any atom is -0.356 e. The number of carbonyl (C=O) groups is 1. The molecule has 2 aromatic heterocycles. The van der Waals surface area contributed by atoms with E-state index in [0.717, 1.165) is 30.8 Å². The summed E-state index contributed by atoms with van der Waals surface area (Å²) in [6, 6.07) is 10.1. The number of alkyl halides is 3. The summed E-state index contributed by atoms with van der Waals surface area (Å²) in [4.78, 5) is 14.7. The summed E-state index contributed by atoms with van der Waals surface area (Å²) in [5.74, 6) is 0.472. The first-order valence-corrected chi connectivity index (χ1v) is 9.01. The standard InChI is InChI=1S/C15H11F3N4.C5H9NO/c16-15(17,18)10-3-5-11(6-4-10)21-12-2-1-8-19-14(12)13-7-9-20-22-13;1-4-2-3-6-5(4)7/h1-9,21H,(H,20,22);4H,2-3H2,1H3,(H,6,7). The van der Waals surface area contributed by atoms with Crippen LogP contribution in [0.15, 0.2) is 54.9 Å². The lowest BCUT2D eigenvalue weighted by Gasteiger charge is -2.11. The zero-order valence-corrected chi connectivity index (χ0v) is 15.6. The number of pyridine rings is 1. The van der Waals surface area contributed by atoms with Crippen LogP contribution in [0.2, 0.25) is 0 Å². The van der Waals surface area contributed by atoms with Gasteiger partial charge in [-0.15, -0.1) is 0 Å².